The molecule has 54 valence electrons. The van der Waals surface area contributed by atoms with Crippen LogP contribution in [0.4, 0.5) is 0 Å². The normalized spacial score (nSPS) is 13.2. The van der Waals surface area contributed by atoms with Gasteiger partial charge in [-0.2, -0.15) is 0 Å². The van der Waals surface area contributed by atoms with Gasteiger partial charge in [-0.05, 0) is 6.42 Å². The van der Waals surface area contributed by atoms with E-state index in [4.69, 9.17) is 10.8 Å². The number of rotatable bonds is 4. The van der Waals surface area contributed by atoms with Gasteiger partial charge in [-0.3, -0.25) is 4.79 Å². The minimum Gasteiger partial charge on any atom is -0.389 e. The van der Waals surface area contributed by atoms with Gasteiger partial charge >= 0.3 is 0 Å². The summed E-state index contributed by atoms with van der Waals surface area (Å²) >= 11 is 0. The zero-order valence-corrected chi connectivity index (χ0v) is 5.63. The Morgan fingerprint density at radius 1 is 1.78 bits per heavy atom. The molecule has 0 fully saturated rings. The van der Waals surface area contributed by atoms with E-state index >= 15 is 0 Å². The summed E-state index contributed by atoms with van der Waals surface area (Å²) in [5.74, 6) is -0.296. The van der Waals surface area contributed by atoms with Gasteiger partial charge in [0.2, 0.25) is 0 Å². The third kappa shape index (κ3) is 2.58. The summed E-state index contributed by atoms with van der Waals surface area (Å²) in [5, 5.41) is 8.36. The number of nitrogens with two attached hydrogens (primary N) is 1. The fourth-order valence-electron chi connectivity index (χ4n) is 0.655. The summed E-state index contributed by atoms with van der Waals surface area (Å²) in [6.07, 6.45) is 0.718. The lowest BCUT2D eigenvalue weighted by Gasteiger charge is -2.06. The molecular formula is C6H13NO2. The smallest absolute Gasteiger partial charge is 0.162 e. The predicted octanol–water partition coefficient (Wildman–Crippen LogP) is -0.467. The zero-order valence-electron chi connectivity index (χ0n) is 5.63. The molecule has 9 heavy (non-hydrogen) atoms. The molecule has 3 nitrogen and oxygen atoms in total. The first-order valence-electron chi connectivity index (χ1n) is 3.09. The van der Waals surface area contributed by atoms with E-state index in [-0.39, 0.29) is 18.3 Å². The second kappa shape index (κ2) is 4.47. The van der Waals surface area contributed by atoms with Crippen LogP contribution in [0.25, 0.3) is 0 Å². The van der Waals surface area contributed by atoms with Crippen LogP contribution < -0.4 is 5.73 Å². The van der Waals surface area contributed by atoms with Gasteiger partial charge in [0.25, 0.3) is 0 Å². The average Bonchev–Trinajstić information content (AvgIpc) is 1.90. The van der Waals surface area contributed by atoms with E-state index in [2.05, 4.69) is 0 Å². The highest BCUT2D eigenvalue weighted by molar-refractivity contribution is 5.82. The van der Waals surface area contributed by atoms with E-state index < -0.39 is 0 Å². The van der Waals surface area contributed by atoms with Crippen molar-refractivity contribution >= 4 is 5.78 Å². The molecule has 0 bridgehead atoms. The van der Waals surface area contributed by atoms with E-state index in [1.165, 1.54) is 0 Å². The first-order valence-corrected chi connectivity index (χ1v) is 3.09. The Balaban J connectivity index is 3.64. The molecule has 3 heteroatoms. The van der Waals surface area contributed by atoms with Crippen LogP contribution in [0.15, 0.2) is 0 Å². The first-order chi connectivity index (χ1) is 4.26. The number of Topliss-reactive ketones (excluding diaryl/α,β-unsaturated/α-hetero) is 1. The number of hydrogen-bond donors (Lipinski definition) is 2. The second-order valence-electron chi connectivity index (χ2n) is 1.97. The molecule has 0 aliphatic heterocycles. The molecule has 0 aliphatic rings. The van der Waals surface area contributed by atoms with Gasteiger partial charge in [-0.15, -0.1) is 0 Å². The summed E-state index contributed by atoms with van der Waals surface area (Å²) in [7, 11) is 0. The van der Waals surface area contributed by atoms with Crippen LogP contribution in [0.3, 0.4) is 0 Å². The molecule has 0 spiro atoms. The maximum atomic E-state index is 10.6. The number of carbonyl (C=O) groups excluding carboxylic acids is 1. The largest absolute Gasteiger partial charge is 0.389 e. The Morgan fingerprint density at radius 3 is 2.44 bits per heavy atom. The third-order valence-corrected chi connectivity index (χ3v) is 1.39. The standard InChI is InChI=1S/C6H13NO2/c1-2-5(3-7)6(9)4-8/h5,8H,2-4,7H2,1H3. The van der Waals surface area contributed by atoms with Crippen molar-refractivity contribution in [2.24, 2.45) is 11.7 Å². The van der Waals surface area contributed by atoms with Crippen molar-refractivity contribution < 1.29 is 9.90 Å². The summed E-state index contributed by atoms with van der Waals surface area (Å²) in [5.41, 5.74) is 5.23. The molecule has 0 aromatic heterocycles. The van der Waals surface area contributed by atoms with Crippen LogP contribution in [0, 0.1) is 5.92 Å². The Kier molecular flexibility index (Phi) is 4.26. The molecule has 0 rings (SSSR count). The van der Waals surface area contributed by atoms with Gasteiger partial charge in [-0.1, -0.05) is 6.92 Å². The van der Waals surface area contributed by atoms with E-state index in [1.807, 2.05) is 6.92 Å². The molecule has 3 N–H and O–H groups in total. The minimum absolute atomic E-state index is 0.144. The van der Waals surface area contributed by atoms with Crippen molar-refractivity contribution in [3.63, 3.8) is 0 Å². The molecule has 1 atom stereocenters. The van der Waals surface area contributed by atoms with E-state index in [9.17, 15) is 4.79 Å². The average molecular weight is 131 g/mol. The van der Waals surface area contributed by atoms with Crippen LogP contribution in [0.1, 0.15) is 13.3 Å². The fourth-order valence-corrected chi connectivity index (χ4v) is 0.655. The van der Waals surface area contributed by atoms with Gasteiger partial charge in [0.05, 0.1) is 0 Å². The maximum Gasteiger partial charge on any atom is 0.162 e. The van der Waals surface area contributed by atoms with Gasteiger partial charge < -0.3 is 10.8 Å². The Labute approximate surface area is 54.9 Å². The van der Waals surface area contributed by atoms with E-state index in [1.54, 1.807) is 0 Å². The molecule has 0 aromatic rings. The monoisotopic (exact) mass is 131 g/mol. The van der Waals surface area contributed by atoms with Crippen molar-refractivity contribution in [2.75, 3.05) is 13.2 Å². The molecule has 0 saturated heterocycles. The summed E-state index contributed by atoms with van der Waals surface area (Å²) in [6, 6.07) is 0. The zero-order chi connectivity index (χ0) is 7.28. The molecule has 0 heterocycles. The van der Waals surface area contributed by atoms with Crippen LogP contribution >= 0.6 is 0 Å². The number of ketones is 1. The SMILES string of the molecule is CCC(CN)C(=O)CO. The number of aliphatic hydroxyl groups is 1. The Morgan fingerprint density at radius 2 is 2.33 bits per heavy atom. The van der Waals surface area contributed by atoms with Crippen molar-refractivity contribution in [3.8, 4) is 0 Å². The predicted molar refractivity (Wildman–Crippen MR) is 34.9 cm³/mol. The number of hydrogen-bond acceptors (Lipinski definition) is 3. The molecule has 0 aromatic carbocycles. The van der Waals surface area contributed by atoms with Gasteiger partial charge in [0.15, 0.2) is 5.78 Å². The van der Waals surface area contributed by atoms with Crippen LogP contribution in [0.5, 0.6) is 0 Å². The van der Waals surface area contributed by atoms with Gasteiger partial charge in [-0.25, -0.2) is 0 Å². The number of aliphatic hydroxyl groups excluding tert-OH is 1. The van der Waals surface area contributed by atoms with Crippen molar-refractivity contribution in [1.82, 2.24) is 0 Å². The lowest BCUT2D eigenvalue weighted by molar-refractivity contribution is -0.125. The summed E-state index contributed by atoms with van der Waals surface area (Å²) in [4.78, 5) is 10.6. The molecule has 0 aliphatic carbocycles. The van der Waals surface area contributed by atoms with Crippen LogP contribution in [-0.4, -0.2) is 24.0 Å². The van der Waals surface area contributed by atoms with Crippen LogP contribution in [-0.2, 0) is 4.79 Å². The minimum atomic E-state index is -0.379. The summed E-state index contributed by atoms with van der Waals surface area (Å²) in [6.45, 7) is 1.84. The van der Waals surface area contributed by atoms with Crippen molar-refractivity contribution in [1.29, 1.82) is 0 Å². The molecule has 0 amide bonds. The lowest BCUT2D eigenvalue weighted by Crippen LogP contribution is -2.25. The van der Waals surface area contributed by atoms with Gasteiger partial charge in [0.1, 0.15) is 6.61 Å². The highest BCUT2D eigenvalue weighted by Crippen LogP contribution is 1.99. The maximum absolute atomic E-state index is 10.6. The molecular weight excluding hydrogens is 118 g/mol. The van der Waals surface area contributed by atoms with Crippen LogP contribution in [0.2, 0.25) is 0 Å². The molecule has 0 saturated carbocycles. The second-order valence-corrected chi connectivity index (χ2v) is 1.97. The lowest BCUT2D eigenvalue weighted by atomic mass is 10.0. The Bertz CT molecular complexity index is 89.1. The van der Waals surface area contributed by atoms with Crippen molar-refractivity contribution in [2.45, 2.75) is 13.3 Å². The highest BCUT2D eigenvalue weighted by atomic mass is 16.3. The summed E-state index contributed by atoms with van der Waals surface area (Å²) < 4.78 is 0. The Hall–Kier alpha value is -0.410. The first kappa shape index (κ1) is 8.59. The molecule has 0 radical (unpaired) electrons. The highest BCUT2D eigenvalue weighted by Gasteiger charge is 2.11. The van der Waals surface area contributed by atoms with Crippen molar-refractivity contribution in [3.05, 3.63) is 0 Å². The molecule has 1 unspecified atom stereocenters. The van der Waals surface area contributed by atoms with Gasteiger partial charge in [0, 0.05) is 12.5 Å². The topological polar surface area (TPSA) is 63.3 Å². The fraction of sp³-hybridized carbons (Fsp3) is 0.833. The number of carbonyl (C=O) groups is 1. The van der Waals surface area contributed by atoms with E-state index in [0.717, 1.165) is 6.42 Å². The third-order valence-electron chi connectivity index (χ3n) is 1.39. The quantitative estimate of drug-likeness (QED) is 0.542. The van der Waals surface area contributed by atoms with E-state index in [0.29, 0.717) is 6.54 Å².